The predicted molar refractivity (Wildman–Crippen MR) is 130 cm³/mol. The molecule has 0 aliphatic carbocycles. The number of aromatic hydroxyl groups is 1. The van der Waals surface area contributed by atoms with E-state index in [0.717, 1.165) is 48.1 Å². The van der Waals surface area contributed by atoms with Gasteiger partial charge in [0, 0.05) is 30.3 Å². The average molecular weight is 435 g/mol. The monoisotopic (exact) mass is 434 g/mol. The van der Waals surface area contributed by atoms with E-state index in [4.69, 9.17) is 4.98 Å². The number of aromatic nitrogens is 2. The van der Waals surface area contributed by atoms with Crippen molar-refractivity contribution in [1.29, 1.82) is 0 Å². The van der Waals surface area contributed by atoms with Crippen LogP contribution < -0.4 is 10.6 Å². The highest BCUT2D eigenvalue weighted by Crippen LogP contribution is 2.33. The minimum absolute atomic E-state index is 0.0473. The molecule has 1 aromatic heterocycles. The number of unbranched alkanes of at least 4 members (excludes halogenated alkanes) is 3. The molecule has 0 fully saturated rings. The smallest absolute Gasteiger partial charge is 0.181 e. The fraction of sp³-hybridized carbons (Fsp3) is 0.385. The molecule has 0 aliphatic heterocycles. The Labute approximate surface area is 190 Å². The lowest BCUT2D eigenvalue weighted by molar-refractivity contribution is 0.0975. The maximum Gasteiger partial charge on any atom is 0.181 e. The highest BCUT2D eigenvalue weighted by molar-refractivity contribution is 6.00. The first-order valence-electron chi connectivity index (χ1n) is 11.4. The molecule has 0 amide bonds. The van der Waals surface area contributed by atoms with Crippen LogP contribution in [0, 0.1) is 6.92 Å². The molecule has 6 nitrogen and oxygen atoms in total. The van der Waals surface area contributed by atoms with E-state index in [0.29, 0.717) is 23.6 Å². The molecule has 3 rings (SSSR count). The van der Waals surface area contributed by atoms with Crippen LogP contribution in [0.4, 0.5) is 5.69 Å². The number of benzene rings is 2. The average Bonchev–Trinajstić information content (AvgIpc) is 3.22. The Hall–Kier alpha value is -3.12. The van der Waals surface area contributed by atoms with Crippen LogP contribution in [0.25, 0.3) is 11.3 Å². The zero-order chi connectivity index (χ0) is 23.1. The number of nitrogens with zero attached hydrogens (tertiary/aromatic N) is 1. The lowest BCUT2D eigenvalue weighted by atomic mass is 10.0. The Morgan fingerprint density at radius 3 is 2.59 bits per heavy atom. The number of phenolic OH excluding ortho intramolecular Hbond substituents is 1. The third-order valence-corrected chi connectivity index (χ3v) is 5.81. The summed E-state index contributed by atoms with van der Waals surface area (Å²) in [5.41, 5.74) is 5.02. The lowest BCUT2D eigenvalue weighted by Crippen LogP contribution is -2.20. The predicted octanol–water partition coefficient (Wildman–Crippen LogP) is 5.59. The Morgan fingerprint density at radius 1 is 1.12 bits per heavy atom. The number of carbonyl (C=O) groups is 1. The van der Waals surface area contributed by atoms with Gasteiger partial charge in [-0.3, -0.25) is 4.79 Å². The summed E-state index contributed by atoms with van der Waals surface area (Å²) < 4.78 is 0. The summed E-state index contributed by atoms with van der Waals surface area (Å²) in [4.78, 5) is 21.3. The highest BCUT2D eigenvalue weighted by atomic mass is 16.3. The maximum absolute atomic E-state index is 13.2. The molecular formula is C26H34N4O2. The summed E-state index contributed by atoms with van der Waals surface area (Å²) in [6, 6.07) is 12.8. The van der Waals surface area contributed by atoms with E-state index in [2.05, 4.69) is 41.6 Å². The third-order valence-electron chi connectivity index (χ3n) is 5.81. The number of aryl methyl sites for hydroxylation is 1. The van der Waals surface area contributed by atoms with Crippen LogP contribution in [0.5, 0.6) is 5.75 Å². The van der Waals surface area contributed by atoms with Gasteiger partial charge in [-0.25, -0.2) is 4.98 Å². The summed E-state index contributed by atoms with van der Waals surface area (Å²) in [7, 11) is 3.79. The SMILES string of the molecule is CCCCCCC(=O)c1[nH]c(C(NC)c2cccc(C)c2NC)nc1-c1cccc(O)c1. The van der Waals surface area contributed by atoms with E-state index in [-0.39, 0.29) is 17.6 Å². The van der Waals surface area contributed by atoms with Crippen LogP contribution in [0.2, 0.25) is 0 Å². The van der Waals surface area contributed by atoms with Crippen molar-refractivity contribution in [2.45, 2.75) is 52.0 Å². The van der Waals surface area contributed by atoms with Gasteiger partial charge in [-0.2, -0.15) is 0 Å². The van der Waals surface area contributed by atoms with Gasteiger partial charge in [0.2, 0.25) is 0 Å². The van der Waals surface area contributed by atoms with Gasteiger partial charge in [-0.1, -0.05) is 56.5 Å². The molecular weight excluding hydrogens is 400 g/mol. The topological polar surface area (TPSA) is 90.0 Å². The molecule has 2 aromatic carbocycles. The van der Waals surface area contributed by atoms with Gasteiger partial charge < -0.3 is 20.7 Å². The minimum atomic E-state index is -0.227. The fourth-order valence-corrected chi connectivity index (χ4v) is 4.14. The molecule has 32 heavy (non-hydrogen) atoms. The van der Waals surface area contributed by atoms with E-state index in [1.807, 2.05) is 26.2 Å². The number of para-hydroxylation sites is 1. The highest BCUT2D eigenvalue weighted by Gasteiger charge is 2.25. The molecule has 0 saturated carbocycles. The molecule has 0 saturated heterocycles. The van der Waals surface area contributed by atoms with Crippen LogP contribution in [0.15, 0.2) is 42.5 Å². The Balaban J connectivity index is 2.05. The van der Waals surface area contributed by atoms with Crippen molar-refractivity contribution in [2.75, 3.05) is 19.4 Å². The molecule has 0 spiro atoms. The first kappa shape index (κ1) is 23.5. The molecule has 0 aliphatic rings. The van der Waals surface area contributed by atoms with Crippen molar-refractivity contribution in [3.8, 4) is 17.0 Å². The number of H-pyrrole nitrogens is 1. The summed E-state index contributed by atoms with van der Waals surface area (Å²) in [6.45, 7) is 4.22. The maximum atomic E-state index is 13.2. The lowest BCUT2D eigenvalue weighted by Gasteiger charge is -2.19. The molecule has 1 unspecified atom stereocenters. The van der Waals surface area contributed by atoms with E-state index in [1.54, 1.807) is 18.2 Å². The van der Waals surface area contributed by atoms with Crippen molar-refractivity contribution in [1.82, 2.24) is 15.3 Å². The van der Waals surface area contributed by atoms with Crippen LogP contribution in [0.1, 0.15) is 72.5 Å². The van der Waals surface area contributed by atoms with Crippen LogP contribution >= 0.6 is 0 Å². The van der Waals surface area contributed by atoms with Crippen molar-refractivity contribution in [2.24, 2.45) is 0 Å². The second kappa shape index (κ2) is 11.0. The number of ketones is 1. The summed E-state index contributed by atoms with van der Waals surface area (Å²) in [5, 5.41) is 16.6. The van der Waals surface area contributed by atoms with Crippen molar-refractivity contribution in [3.05, 3.63) is 65.1 Å². The second-order valence-electron chi connectivity index (χ2n) is 8.14. The number of rotatable bonds is 11. The first-order valence-corrected chi connectivity index (χ1v) is 11.4. The number of hydrogen-bond acceptors (Lipinski definition) is 5. The molecule has 6 heteroatoms. The molecule has 3 aromatic rings. The normalized spacial score (nSPS) is 12.0. The first-order chi connectivity index (χ1) is 15.5. The molecule has 1 atom stereocenters. The van der Waals surface area contributed by atoms with E-state index in [9.17, 15) is 9.90 Å². The van der Waals surface area contributed by atoms with Gasteiger partial charge >= 0.3 is 0 Å². The number of anilines is 1. The van der Waals surface area contributed by atoms with E-state index < -0.39 is 0 Å². The van der Waals surface area contributed by atoms with Crippen molar-refractivity contribution >= 4 is 11.5 Å². The molecule has 0 bridgehead atoms. The van der Waals surface area contributed by atoms with Crippen molar-refractivity contribution in [3.63, 3.8) is 0 Å². The van der Waals surface area contributed by atoms with Crippen LogP contribution in [-0.4, -0.2) is 35.0 Å². The van der Waals surface area contributed by atoms with Gasteiger partial charge in [0.25, 0.3) is 0 Å². The molecule has 1 heterocycles. The Kier molecular flexibility index (Phi) is 8.06. The number of nitrogens with one attached hydrogen (secondary N) is 3. The third kappa shape index (κ3) is 5.19. The van der Waals surface area contributed by atoms with E-state index >= 15 is 0 Å². The summed E-state index contributed by atoms with van der Waals surface area (Å²) in [6.07, 6.45) is 4.63. The standard InChI is InChI=1S/C26H34N4O2/c1-5-6-7-8-15-21(32)25-23(18-12-10-13-19(31)16-18)29-26(30-25)24(28-4)20-14-9-11-17(2)22(20)27-3/h9-14,16,24,27-28,31H,5-8,15H2,1-4H3,(H,29,30). The van der Waals surface area contributed by atoms with Gasteiger partial charge in [0.05, 0.1) is 11.7 Å². The van der Waals surface area contributed by atoms with Gasteiger partial charge in [-0.15, -0.1) is 0 Å². The zero-order valence-corrected chi connectivity index (χ0v) is 19.5. The van der Waals surface area contributed by atoms with Gasteiger partial charge in [0.1, 0.15) is 17.3 Å². The largest absolute Gasteiger partial charge is 0.508 e. The van der Waals surface area contributed by atoms with Crippen LogP contribution in [-0.2, 0) is 0 Å². The number of imidazole rings is 1. The van der Waals surface area contributed by atoms with Gasteiger partial charge in [-0.05, 0) is 38.1 Å². The number of hydrogen-bond donors (Lipinski definition) is 4. The second-order valence-corrected chi connectivity index (χ2v) is 8.14. The zero-order valence-electron chi connectivity index (χ0n) is 19.5. The fourth-order valence-electron chi connectivity index (χ4n) is 4.14. The van der Waals surface area contributed by atoms with Crippen LogP contribution in [0.3, 0.4) is 0 Å². The minimum Gasteiger partial charge on any atom is -0.508 e. The summed E-state index contributed by atoms with van der Waals surface area (Å²) in [5.74, 6) is 0.866. The number of aromatic amines is 1. The van der Waals surface area contributed by atoms with Gasteiger partial charge in [0.15, 0.2) is 5.78 Å². The Morgan fingerprint density at radius 2 is 1.91 bits per heavy atom. The summed E-state index contributed by atoms with van der Waals surface area (Å²) >= 11 is 0. The molecule has 4 N–H and O–H groups in total. The Bertz CT molecular complexity index is 1060. The van der Waals surface area contributed by atoms with Crippen molar-refractivity contribution < 1.29 is 9.90 Å². The quantitative estimate of drug-likeness (QED) is 0.233. The number of Topliss-reactive ketones (excluding diaryl/α,β-unsaturated/α-hetero) is 1. The number of carbonyl (C=O) groups excluding carboxylic acids is 1. The molecule has 0 radical (unpaired) electrons. The van der Waals surface area contributed by atoms with E-state index in [1.165, 1.54) is 0 Å². The molecule has 170 valence electrons. The number of phenols is 1.